The molecule has 0 aromatic heterocycles. The normalized spacial score (nSPS) is 20.1. The lowest BCUT2D eigenvalue weighted by atomic mass is 10.1. The maximum atomic E-state index is 5.73. The lowest BCUT2D eigenvalue weighted by Gasteiger charge is -2.31. The van der Waals surface area contributed by atoms with Gasteiger partial charge in [0.05, 0.1) is 6.10 Å². The van der Waals surface area contributed by atoms with Gasteiger partial charge in [0.1, 0.15) is 0 Å². The minimum atomic E-state index is 0.516. The van der Waals surface area contributed by atoms with E-state index in [0.717, 1.165) is 31.9 Å². The number of likely N-dealkylation sites (tertiary alicyclic amines) is 1. The van der Waals surface area contributed by atoms with E-state index in [1.807, 2.05) is 0 Å². The van der Waals surface area contributed by atoms with Gasteiger partial charge in [-0.2, -0.15) is 0 Å². The molecule has 1 fully saturated rings. The predicted octanol–water partition coefficient (Wildman–Crippen LogP) is 2.51. The number of ether oxygens (including phenoxy) is 1. The highest BCUT2D eigenvalue weighted by molar-refractivity contribution is 6.17. The molecule has 3 heteroatoms. The third-order valence-corrected chi connectivity index (χ3v) is 2.97. The van der Waals surface area contributed by atoms with Crippen LogP contribution in [0.25, 0.3) is 0 Å². The van der Waals surface area contributed by atoms with E-state index < -0.39 is 0 Å². The van der Waals surface area contributed by atoms with Gasteiger partial charge < -0.3 is 9.64 Å². The van der Waals surface area contributed by atoms with Crippen molar-refractivity contribution >= 4 is 11.6 Å². The molecule has 0 atom stereocenters. The fourth-order valence-electron chi connectivity index (χ4n) is 1.87. The molecule has 1 aliphatic rings. The molecule has 0 amide bonds. The van der Waals surface area contributed by atoms with Crippen molar-refractivity contribution in [2.75, 3.05) is 32.1 Å². The summed E-state index contributed by atoms with van der Waals surface area (Å²) in [6.07, 6.45) is 5.15. The van der Waals surface area contributed by atoms with Gasteiger partial charge in [-0.15, -0.1) is 11.6 Å². The summed E-state index contributed by atoms with van der Waals surface area (Å²) in [5.41, 5.74) is 0. The van der Waals surface area contributed by atoms with Crippen LogP contribution in [0.1, 0.15) is 32.6 Å². The Morgan fingerprint density at radius 2 is 2.07 bits per heavy atom. The Kier molecular flexibility index (Phi) is 6.57. The van der Waals surface area contributed by atoms with Crippen molar-refractivity contribution in [1.82, 2.24) is 4.90 Å². The second-order valence-electron chi connectivity index (χ2n) is 3.95. The highest BCUT2D eigenvalue weighted by Gasteiger charge is 2.18. The van der Waals surface area contributed by atoms with Crippen LogP contribution in [0.2, 0.25) is 0 Å². The van der Waals surface area contributed by atoms with Crippen molar-refractivity contribution in [3.05, 3.63) is 0 Å². The van der Waals surface area contributed by atoms with Crippen LogP contribution in [0.15, 0.2) is 0 Å². The van der Waals surface area contributed by atoms with E-state index in [4.69, 9.17) is 16.3 Å². The summed E-state index contributed by atoms with van der Waals surface area (Å²) >= 11 is 5.67. The second kappa shape index (κ2) is 7.49. The quantitative estimate of drug-likeness (QED) is 0.637. The monoisotopic (exact) mass is 219 g/mol. The second-order valence-corrected chi connectivity index (χ2v) is 4.33. The molecule has 0 bridgehead atoms. The molecule has 14 heavy (non-hydrogen) atoms. The highest BCUT2D eigenvalue weighted by Crippen LogP contribution is 2.14. The van der Waals surface area contributed by atoms with Gasteiger partial charge >= 0.3 is 0 Å². The summed E-state index contributed by atoms with van der Waals surface area (Å²) in [4.78, 5) is 2.49. The first-order valence-electron chi connectivity index (χ1n) is 5.76. The Labute approximate surface area is 92.6 Å². The largest absolute Gasteiger partial charge is 0.378 e. The number of hydrogen-bond donors (Lipinski definition) is 0. The van der Waals surface area contributed by atoms with Crippen molar-refractivity contribution < 1.29 is 4.74 Å². The molecule has 0 saturated carbocycles. The summed E-state index contributed by atoms with van der Waals surface area (Å²) in [6, 6.07) is 0. The first-order chi connectivity index (χ1) is 6.86. The Morgan fingerprint density at radius 3 is 2.64 bits per heavy atom. The molecule has 0 aromatic carbocycles. The molecule has 2 nitrogen and oxygen atoms in total. The minimum absolute atomic E-state index is 0.516. The summed E-state index contributed by atoms with van der Waals surface area (Å²) in [6.45, 7) is 6.61. The maximum Gasteiger partial charge on any atom is 0.0599 e. The van der Waals surface area contributed by atoms with Gasteiger partial charge in [0.2, 0.25) is 0 Å². The Balaban J connectivity index is 2.05. The van der Waals surface area contributed by atoms with Crippen LogP contribution in [0.3, 0.4) is 0 Å². The zero-order chi connectivity index (χ0) is 10.2. The fourth-order valence-corrected chi connectivity index (χ4v) is 1.99. The topological polar surface area (TPSA) is 12.5 Å². The summed E-state index contributed by atoms with van der Waals surface area (Å²) in [5.74, 6) is 0.784. The average Bonchev–Trinajstić information content (AvgIpc) is 2.25. The Hall–Kier alpha value is 0.210. The summed E-state index contributed by atoms with van der Waals surface area (Å²) < 4.78 is 5.73. The van der Waals surface area contributed by atoms with Gasteiger partial charge in [-0.05, 0) is 32.2 Å². The van der Waals surface area contributed by atoms with Gasteiger partial charge in [0.15, 0.2) is 0 Å². The smallest absolute Gasteiger partial charge is 0.0599 e. The first kappa shape index (κ1) is 12.3. The van der Waals surface area contributed by atoms with Crippen LogP contribution < -0.4 is 0 Å². The molecule has 1 heterocycles. The highest BCUT2D eigenvalue weighted by atomic mass is 35.5. The Morgan fingerprint density at radius 1 is 1.36 bits per heavy atom. The van der Waals surface area contributed by atoms with Crippen LogP contribution in [-0.2, 0) is 4.74 Å². The number of alkyl halides is 1. The number of nitrogens with zero attached hydrogens (tertiary/aromatic N) is 1. The van der Waals surface area contributed by atoms with Crippen LogP contribution >= 0.6 is 11.6 Å². The molecule has 84 valence electrons. The van der Waals surface area contributed by atoms with Gasteiger partial charge in [-0.25, -0.2) is 0 Å². The van der Waals surface area contributed by atoms with Gasteiger partial charge in [-0.1, -0.05) is 6.92 Å². The lowest BCUT2D eigenvalue weighted by molar-refractivity contribution is 0.00802. The Bertz CT molecular complexity index is 119. The van der Waals surface area contributed by atoms with Crippen LogP contribution in [0.4, 0.5) is 0 Å². The molecule has 0 radical (unpaired) electrons. The molecule has 1 saturated heterocycles. The van der Waals surface area contributed by atoms with E-state index in [0.29, 0.717) is 6.10 Å². The third kappa shape index (κ3) is 4.63. The predicted molar refractivity (Wildman–Crippen MR) is 61.0 cm³/mol. The maximum absolute atomic E-state index is 5.73. The minimum Gasteiger partial charge on any atom is -0.378 e. The van der Waals surface area contributed by atoms with E-state index >= 15 is 0 Å². The van der Waals surface area contributed by atoms with Crippen molar-refractivity contribution in [2.24, 2.45) is 0 Å². The number of halogens is 1. The summed E-state index contributed by atoms with van der Waals surface area (Å²) in [7, 11) is 0. The molecule has 0 spiro atoms. The van der Waals surface area contributed by atoms with Gasteiger partial charge in [-0.3, -0.25) is 0 Å². The van der Waals surface area contributed by atoms with Crippen molar-refractivity contribution in [1.29, 1.82) is 0 Å². The number of rotatable bonds is 6. The van der Waals surface area contributed by atoms with Gasteiger partial charge in [0.25, 0.3) is 0 Å². The van der Waals surface area contributed by atoms with Crippen molar-refractivity contribution in [3.8, 4) is 0 Å². The van der Waals surface area contributed by atoms with E-state index in [-0.39, 0.29) is 0 Å². The standard InChI is InChI=1S/C11H22ClNO/c1-2-10-14-11-4-8-13(9-5-11)7-3-6-12/h11H,2-10H2,1H3. The lowest BCUT2D eigenvalue weighted by Crippen LogP contribution is -2.37. The zero-order valence-electron chi connectivity index (χ0n) is 9.17. The molecule has 0 aliphatic carbocycles. The average molecular weight is 220 g/mol. The van der Waals surface area contributed by atoms with Crippen LogP contribution in [-0.4, -0.2) is 43.1 Å². The van der Waals surface area contributed by atoms with Crippen molar-refractivity contribution in [2.45, 2.75) is 38.7 Å². The van der Waals surface area contributed by atoms with E-state index in [1.165, 1.54) is 25.9 Å². The van der Waals surface area contributed by atoms with Crippen LogP contribution in [0.5, 0.6) is 0 Å². The van der Waals surface area contributed by atoms with E-state index in [9.17, 15) is 0 Å². The molecule has 0 N–H and O–H groups in total. The van der Waals surface area contributed by atoms with E-state index in [1.54, 1.807) is 0 Å². The molecular formula is C11H22ClNO. The molecule has 1 aliphatic heterocycles. The molecule has 0 aromatic rings. The SMILES string of the molecule is CCCOC1CCN(CCCCl)CC1. The van der Waals surface area contributed by atoms with Crippen LogP contribution in [0, 0.1) is 0 Å². The number of hydrogen-bond acceptors (Lipinski definition) is 2. The molecule has 1 rings (SSSR count). The van der Waals surface area contributed by atoms with E-state index in [2.05, 4.69) is 11.8 Å². The summed E-state index contributed by atoms with van der Waals surface area (Å²) in [5, 5.41) is 0. The van der Waals surface area contributed by atoms with Gasteiger partial charge in [0, 0.05) is 25.6 Å². The third-order valence-electron chi connectivity index (χ3n) is 2.70. The zero-order valence-corrected chi connectivity index (χ0v) is 9.93. The van der Waals surface area contributed by atoms with Crippen molar-refractivity contribution in [3.63, 3.8) is 0 Å². The fraction of sp³-hybridized carbons (Fsp3) is 1.00. The number of piperidine rings is 1. The molecular weight excluding hydrogens is 198 g/mol. The first-order valence-corrected chi connectivity index (χ1v) is 6.30. The molecule has 0 unspecified atom stereocenters.